The van der Waals surface area contributed by atoms with Gasteiger partial charge in [-0.15, -0.1) is 0 Å². The van der Waals surface area contributed by atoms with Crippen molar-refractivity contribution in [2.45, 2.75) is 13.0 Å². The van der Waals surface area contributed by atoms with Crippen LogP contribution < -0.4 is 14.8 Å². The third kappa shape index (κ3) is 3.69. The normalized spacial score (nSPS) is 12.0. The zero-order valence-electron chi connectivity index (χ0n) is 12.5. The summed E-state index contributed by atoms with van der Waals surface area (Å²) in [5.74, 6) is 1.63. The molecule has 4 heteroatoms. The Morgan fingerprint density at radius 2 is 2.00 bits per heavy atom. The van der Waals surface area contributed by atoms with Crippen LogP contribution in [0.5, 0.6) is 11.5 Å². The molecule has 1 unspecified atom stereocenters. The van der Waals surface area contributed by atoms with Gasteiger partial charge in [0.1, 0.15) is 11.5 Å². The van der Waals surface area contributed by atoms with Crippen LogP contribution in [0.3, 0.4) is 0 Å². The van der Waals surface area contributed by atoms with Crippen molar-refractivity contribution in [1.29, 1.82) is 0 Å². The quantitative estimate of drug-likeness (QED) is 0.873. The number of ether oxygens (including phenoxy) is 2. The van der Waals surface area contributed by atoms with E-state index in [2.05, 4.69) is 11.4 Å². The topological polar surface area (TPSA) is 30.5 Å². The molecule has 0 heterocycles. The molecule has 0 spiro atoms. The van der Waals surface area contributed by atoms with E-state index in [0.29, 0.717) is 11.6 Å². The minimum atomic E-state index is 0.0117. The van der Waals surface area contributed by atoms with Gasteiger partial charge in [0.15, 0.2) is 0 Å². The second-order valence-electron chi connectivity index (χ2n) is 4.61. The zero-order chi connectivity index (χ0) is 15.2. The Kier molecular flexibility index (Phi) is 5.48. The number of hydrogen-bond acceptors (Lipinski definition) is 3. The first-order valence-corrected chi connectivity index (χ1v) is 7.30. The molecule has 0 aromatic heterocycles. The van der Waals surface area contributed by atoms with Gasteiger partial charge in [-0.25, -0.2) is 0 Å². The van der Waals surface area contributed by atoms with Crippen LogP contribution in [0.2, 0.25) is 5.02 Å². The van der Waals surface area contributed by atoms with E-state index >= 15 is 0 Å². The largest absolute Gasteiger partial charge is 0.496 e. The highest BCUT2D eigenvalue weighted by atomic mass is 35.5. The first-order valence-electron chi connectivity index (χ1n) is 6.93. The third-order valence-electron chi connectivity index (χ3n) is 3.30. The van der Waals surface area contributed by atoms with Gasteiger partial charge in [0.25, 0.3) is 0 Å². The maximum Gasteiger partial charge on any atom is 0.125 e. The number of methoxy groups -OCH3 is 1. The zero-order valence-corrected chi connectivity index (χ0v) is 13.3. The highest BCUT2D eigenvalue weighted by Gasteiger charge is 2.17. The van der Waals surface area contributed by atoms with Crippen molar-refractivity contribution in [2.24, 2.45) is 0 Å². The number of benzene rings is 2. The first kappa shape index (κ1) is 15.7. The van der Waals surface area contributed by atoms with Crippen LogP contribution >= 0.6 is 11.6 Å². The molecule has 1 atom stereocenters. The van der Waals surface area contributed by atoms with E-state index in [9.17, 15) is 0 Å². The average Bonchev–Trinajstić information content (AvgIpc) is 2.50. The maximum atomic E-state index is 6.04. The predicted octanol–water partition coefficient (Wildman–Crippen LogP) is 4.06. The summed E-state index contributed by atoms with van der Waals surface area (Å²) in [5.41, 5.74) is 2.15. The summed E-state index contributed by atoms with van der Waals surface area (Å²) in [6.07, 6.45) is 0. The van der Waals surface area contributed by atoms with Crippen molar-refractivity contribution in [3.05, 3.63) is 58.6 Å². The van der Waals surface area contributed by atoms with Gasteiger partial charge in [-0.05, 0) is 43.8 Å². The molecule has 0 aliphatic carbocycles. The number of halogens is 1. The molecule has 21 heavy (non-hydrogen) atoms. The van der Waals surface area contributed by atoms with Gasteiger partial charge in [-0.2, -0.15) is 0 Å². The fraction of sp³-hybridized carbons (Fsp3) is 0.294. The molecular formula is C17H20ClNO2. The van der Waals surface area contributed by atoms with Gasteiger partial charge in [-0.3, -0.25) is 0 Å². The molecule has 0 fully saturated rings. The summed E-state index contributed by atoms with van der Waals surface area (Å²) in [7, 11) is 3.57. The summed E-state index contributed by atoms with van der Waals surface area (Å²) >= 11 is 6.04. The predicted molar refractivity (Wildman–Crippen MR) is 86.5 cm³/mol. The molecule has 0 bridgehead atoms. The summed E-state index contributed by atoms with van der Waals surface area (Å²) in [4.78, 5) is 0. The molecule has 0 aliphatic rings. The van der Waals surface area contributed by atoms with Crippen molar-refractivity contribution in [3.8, 4) is 11.5 Å². The van der Waals surface area contributed by atoms with E-state index in [1.165, 1.54) is 0 Å². The van der Waals surface area contributed by atoms with E-state index in [1.807, 2.05) is 50.4 Å². The van der Waals surface area contributed by atoms with Crippen molar-refractivity contribution >= 4 is 11.6 Å². The lowest BCUT2D eigenvalue weighted by Crippen LogP contribution is -2.18. The van der Waals surface area contributed by atoms with Gasteiger partial charge in [0, 0.05) is 10.6 Å². The Hall–Kier alpha value is -1.71. The second kappa shape index (κ2) is 7.34. The van der Waals surface area contributed by atoms with Gasteiger partial charge < -0.3 is 14.8 Å². The van der Waals surface area contributed by atoms with Gasteiger partial charge in [0.2, 0.25) is 0 Å². The molecule has 0 saturated heterocycles. The van der Waals surface area contributed by atoms with E-state index < -0.39 is 0 Å². The van der Waals surface area contributed by atoms with E-state index in [1.54, 1.807) is 7.11 Å². The SMILES string of the molecule is CCOc1cccc(C(NC)c2ccc(Cl)cc2OC)c1. The van der Waals surface area contributed by atoms with Crippen LogP contribution in [-0.4, -0.2) is 20.8 Å². The lowest BCUT2D eigenvalue weighted by Gasteiger charge is -2.20. The summed E-state index contributed by atoms with van der Waals surface area (Å²) < 4.78 is 11.0. The summed E-state index contributed by atoms with van der Waals surface area (Å²) in [6, 6.07) is 13.7. The molecular weight excluding hydrogens is 286 g/mol. The fourth-order valence-corrected chi connectivity index (χ4v) is 2.54. The van der Waals surface area contributed by atoms with Crippen LogP contribution in [0.25, 0.3) is 0 Å². The van der Waals surface area contributed by atoms with Crippen molar-refractivity contribution < 1.29 is 9.47 Å². The Labute approximate surface area is 130 Å². The van der Waals surface area contributed by atoms with Crippen LogP contribution in [0.1, 0.15) is 24.1 Å². The van der Waals surface area contributed by atoms with Crippen LogP contribution in [0.4, 0.5) is 0 Å². The average molecular weight is 306 g/mol. The van der Waals surface area contributed by atoms with Gasteiger partial charge in [0.05, 0.1) is 19.8 Å². The first-order chi connectivity index (χ1) is 10.2. The Balaban J connectivity index is 2.42. The van der Waals surface area contributed by atoms with Crippen molar-refractivity contribution in [1.82, 2.24) is 5.32 Å². The molecule has 112 valence electrons. The Morgan fingerprint density at radius 1 is 1.19 bits per heavy atom. The summed E-state index contributed by atoms with van der Waals surface area (Å²) in [5, 5.41) is 3.98. The van der Waals surface area contributed by atoms with Crippen LogP contribution in [0.15, 0.2) is 42.5 Å². The number of rotatable bonds is 6. The van der Waals surface area contributed by atoms with E-state index in [-0.39, 0.29) is 6.04 Å². The molecule has 0 radical (unpaired) electrons. The molecule has 1 N–H and O–H groups in total. The molecule has 2 rings (SSSR count). The Bertz CT molecular complexity index is 601. The Morgan fingerprint density at radius 3 is 2.67 bits per heavy atom. The molecule has 0 amide bonds. The van der Waals surface area contributed by atoms with Crippen LogP contribution in [0, 0.1) is 0 Å². The molecule has 0 saturated carbocycles. The number of hydrogen-bond donors (Lipinski definition) is 1. The highest BCUT2D eigenvalue weighted by molar-refractivity contribution is 6.30. The van der Waals surface area contributed by atoms with E-state index in [0.717, 1.165) is 22.6 Å². The summed E-state index contributed by atoms with van der Waals surface area (Å²) in [6.45, 7) is 2.63. The maximum absolute atomic E-state index is 6.04. The van der Waals surface area contributed by atoms with Gasteiger partial charge >= 0.3 is 0 Å². The second-order valence-corrected chi connectivity index (χ2v) is 5.05. The molecule has 2 aromatic rings. The minimum absolute atomic E-state index is 0.0117. The van der Waals surface area contributed by atoms with Gasteiger partial charge in [-0.1, -0.05) is 29.8 Å². The number of nitrogens with one attached hydrogen (secondary N) is 1. The minimum Gasteiger partial charge on any atom is -0.496 e. The molecule has 3 nitrogen and oxygen atoms in total. The van der Waals surface area contributed by atoms with E-state index in [4.69, 9.17) is 21.1 Å². The standard InChI is InChI=1S/C17H20ClNO2/c1-4-21-14-7-5-6-12(10-14)17(19-2)15-9-8-13(18)11-16(15)20-3/h5-11,17,19H,4H2,1-3H3. The monoisotopic (exact) mass is 305 g/mol. The smallest absolute Gasteiger partial charge is 0.125 e. The molecule has 0 aliphatic heterocycles. The fourth-order valence-electron chi connectivity index (χ4n) is 2.38. The lowest BCUT2D eigenvalue weighted by molar-refractivity contribution is 0.339. The van der Waals surface area contributed by atoms with Crippen molar-refractivity contribution in [3.63, 3.8) is 0 Å². The third-order valence-corrected chi connectivity index (χ3v) is 3.53. The highest BCUT2D eigenvalue weighted by Crippen LogP contribution is 2.33. The lowest BCUT2D eigenvalue weighted by atomic mass is 9.98. The van der Waals surface area contributed by atoms with Crippen molar-refractivity contribution in [2.75, 3.05) is 20.8 Å². The molecule has 2 aromatic carbocycles. The van der Waals surface area contributed by atoms with Crippen LogP contribution in [-0.2, 0) is 0 Å².